The molecule has 9 heteroatoms. The summed E-state index contributed by atoms with van der Waals surface area (Å²) in [6, 6.07) is 20.4. The van der Waals surface area contributed by atoms with Gasteiger partial charge in [-0.15, -0.1) is 0 Å². The van der Waals surface area contributed by atoms with Crippen LogP contribution in [0.2, 0.25) is 0 Å². The molecular weight excluding hydrogens is 467 g/mol. The first-order valence-electron chi connectivity index (χ1n) is 11.1. The molecule has 0 aliphatic carbocycles. The van der Waals surface area contributed by atoms with Gasteiger partial charge in [0.25, 0.3) is 0 Å². The minimum absolute atomic E-state index is 0.281. The molecule has 0 saturated heterocycles. The number of hydrogen-bond donors (Lipinski definition) is 1. The van der Waals surface area contributed by atoms with E-state index in [0.717, 1.165) is 5.56 Å². The molecule has 0 saturated carbocycles. The maximum absolute atomic E-state index is 13.7. The number of nitrogens with one attached hydrogen (secondary N) is 1. The standard InChI is InChI=1S/C26H27FN4O3S/c1-30(2)15-16-31(35(3,33)34)21-12-10-20(11-13-21)28-25(18-7-5-4-6-8-18)24-22-14-9-19(27)17-23(22)29-26(24)32/h4-14,17,24H,15-16H2,1-3H3,(H,29,32). The van der Waals surface area contributed by atoms with Crippen molar-refractivity contribution in [3.8, 4) is 0 Å². The van der Waals surface area contributed by atoms with Crippen molar-refractivity contribution >= 4 is 38.7 Å². The van der Waals surface area contributed by atoms with Gasteiger partial charge in [0.15, 0.2) is 0 Å². The molecule has 0 radical (unpaired) electrons. The fourth-order valence-electron chi connectivity index (χ4n) is 4.02. The number of benzene rings is 3. The van der Waals surface area contributed by atoms with Gasteiger partial charge in [0.05, 0.1) is 23.3 Å². The molecular formula is C26H27FN4O3S. The third-order valence-corrected chi connectivity index (χ3v) is 6.92. The molecule has 1 aliphatic heterocycles. The summed E-state index contributed by atoms with van der Waals surface area (Å²) < 4.78 is 39.8. The second kappa shape index (κ2) is 9.97. The molecule has 1 N–H and O–H groups in total. The highest BCUT2D eigenvalue weighted by Crippen LogP contribution is 2.37. The van der Waals surface area contributed by atoms with Gasteiger partial charge < -0.3 is 10.2 Å². The predicted octanol–water partition coefficient (Wildman–Crippen LogP) is 4.01. The van der Waals surface area contributed by atoms with E-state index in [1.54, 1.807) is 30.3 Å². The van der Waals surface area contributed by atoms with Gasteiger partial charge in [-0.3, -0.25) is 14.1 Å². The van der Waals surface area contributed by atoms with Gasteiger partial charge in [0.1, 0.15) is 11.7 Å². The Hall–Kier alpha value is -3.56. The van der Waals surface area contributed by atoms with Gasteiger partial charge in [-0.25, -0.2) is 12.8 Å². The summed E-state index contributed by atoms with van der Waals surface area (Å²) in [6.45, 7) is 0.890. The first kappa shape index (κ1) is 24.6. The number of sulfonamides is 1. The average Bonchev–Trinajstić information content (AvgIpc) is 3.12. The van der Waals surface area contributed by atoms with Crippen LogP contribution in [0.3, 0.4) is 0 Å². The van der Waals surface area contributed by atoms with Crippen LogP contribution in [0.15, 0.2) is 77.8 Å². The van der Waals surface area contributed by atoms with Crippen LogP contribution >= 0.6 is 0 Å². The average molecular weight is 495 g/mol. The molecule has 7 nitrogen and oxygen atoms in total. The summed E-state index contributed by atoms with van der Waals surface area (Å²) >= 11 is 0. The summed E-state index contributed by atoms with van der Waals surface area (Å²) in [6.07, 6.45) is 1.18. The Morgan fingerprint density at radius 2 is 1.69 bits per heavy atom. The van der Waals surface area contributed by atoms with Crippen molar-refractivity contribution in [2.45, 2.75) is 5.92 Å². The number of anilines is 2. The third-order valence-electron chi connectivity index (χ3n) is 5.73. The van der Waals surface area contributed by atoms with Crippen LogP contribution in [-0.4, -0.2) is 58.4 Å². The molecule has 4 rings (SSSR count). The smallest absolute Gasteiger partial charge is 0.238 e. The van der Waals surface area contributed by atoms with Crippen LogP contribution in [-0.2, 0) is 14.8 Å². The van der Waals surface area contributed by atoms with Crippen molar-refractivity contribution in [2.75, 3.05) is 43.1 Å². The van der Waals surface area contributed by atoms with E-state index >= 15 is 0 Å². The van der Waals surface area contributed by atoms with Crippen LogP contribution in [0.5, 0.6) is 0 Å². The van der Waals surface area contributed by atoms with Crippen molar-refractivity contribution in [3.63, 3.8) is 0 Å². The number of amides is 1. The molecule has 1 atom stereocenters. The lowest BCUT2D eigenvalue weighted by atomic mass is 9.90. The van der Waals surface area contributed by atoms with Gasteiger partial charge in [-0.2, -0.15) is 0 Å². The molecule has 1 unspecified atom stereocenters. The van der Waals surface area contributed by atoms with E-state index in [1.165, 1.54) is 22.7 Å². The summed E-state index contributed by atoms with van der Waals surface area (Å²) in [4.78, 5) is 19.7. The lowest BCUT2D eigenvalue weighted by Crippen LogP contribution is -2.35. The minimum atomic E-state index is -3.46. The van der Waals surface area contributed by atoms with Crippen molar-refractivity contribution in [2.24, 2.45) is 4.99 Å². The lowest BCUT2D eigenvalue weighted by molar-refractivity contribution is -0.115. The summed E-state index contributed by atoms with van der Waals surface area (Å²) in [5, 5.41) is 2.75. The summed E-state index contributed by atoms with van der Waals surface area (Å²) in [5.41, 5.74) is 3.48. The molecule has 1 amide bonds. The van der Waals surface area contributed by atoms with Crippen LogP contribution in [0, 0.1) is 5.82 Å². The monoisotopic (exact) mass is 494 g/mol. The normalized spacial score (nSPS) is 15.7. The number of hydrogen-bond acceptors (Lipinski definition) is 5. The van der Waals surface area contributed by atoms with E-state index in [2.05, 4.69) is 5.32 Å². The highest BCUT2D eigenvalue weighted by Gasteiger charge is 2.35. The molecule has 0 aromatic heterocycles. The molecule has 35 heavy (non-hydrogen) atoms. The quantitative estimate of drug-likeness (QED) is 0.480. The number of likely N-dealkylation sites (N-methyl/N-ethyl adjacent to an activating group) is 1. The van der Waals surface area contributed by atoms with Gasteiger partial charge in [-0.05, 0) is 61.6 Å². The Labute approximate surface area is 205 Å². The van der Waals surface area contributed by atoms with Crippen LogP contribution in [0.25, 0.3) is 0 Å². The molecule has 182 valence electrons. The van der Waals surface area contributed by atoms with E-state index in [1.807, 2.05) is 49.3 Å². The number of halogens is 1. The molecule has 3 aromatic rings. The Balaban J connectivity index is 1.74. The Morgan fingerprint density at radius 1 is 1.00 bits per heavy atom. The zero-order valence-corrected chi connectivity index (χ0v) is 20.6. The van der Waals surface area contributed by atoms with E-state index in [0.29, 0.717) is 41.4 Å². The third kappa shape index (κ3) is 5.58. The maximum Gasteiger partial charge on any atom is 0.238 e. The van der Waals surface area contributed by atoms with Crippen molar-refractivity contribution < 1.29 is 17.6 Å². The number of rotatable bonds is 8. The molecule has 1 aliphatic rings. The second-order valence-electron chi connectivity index (χ2n) is 8.67. The maximum atomic E-state index is 13.7. The zero-order chi connectivity index (χ0) is 25.2. The lowest BCUT2D eigenvalue weighted by Gasteiger charge is -2.24. The zero-order valence-electron chi connectivity index (χ0n) is 19.8. The molecule has 3 aromatic carbocycles. The number of carbonyl (C=O) groups excluding carboxylic acids is 1. The van der Waals surface area contributed by atoms with Gasteiger partial charge in [-0.1, -0.05) is 36.4 Å². The Bertz CT molecular complexity index is 1360. The minimum Gasteiger partial charge on any atom is -0.325 e. The SMILES string of the molecule is CN(C)CCN(c1ccc(N=C(c2ccccc2)C2C(=O)Nc3cc(F)ccc32)cc1)S(C)(=O)=O. The van der Waals surface area contributed by atoms with Crippen molar-refractivity contribution in [1.82, 2.24) is 4.90 Å². The number of fused-ring (bicyclic) bond motifs is 1. The van der Waals surface area contributed by atoms with E-state index in [4.69, 9.17) is 4.99 Å². The molecule has 0 fully saturated rings. The summed E-state index contributed by atoms with van der Waals surface area (Å²) in [5.74, 6) is -1.42. The summed E-state index contributed by atoms with van der Waals surface area (Å²) in [7, 11) is 0.305. The Kier molecular flexibility index (Phi) is 7.00. The number of nitrogens with zero attached hydrogens (tertiary/aromatic N) is 3. The van der Waals surface area contributed by atoms with Gasteiger partial charge in [0.2, 0.25) is 15.9 Å². The molecule has 0 spiro atoms. The molecule has 1 heterocycles. The van der Waals surface area contributed by atoms with Gasteiger partial charge in [0, 0.05) is 18.8 Å². The number of aliphatic imine (C=N–C) groups is 1. The van der Waals surface area contributed by atoms with Gasteiger partial charge >= 0.3 is 0 Å². The predicted molar refractivity (Wildman–Crippen MR) is 138 cm³/mol. The second-order valence-corrected chi connectivity index (χ2v) is 10.6. The van der Waals surface area contributed by atoms with E-state index in [9.17, 15) is 17.6 Å². The Morgan fingerprint density at radius 3 is 2.31 bits per heavy atom. The van der Waals surface area contributed by atoms with E-state index < -0.39 is 21.8 Å². The van der Waals surface area contributed by atoms with Crippen LogP contribution in [0.1, 0.15) is 17.0 Å². The largest absolute Gasteiger partial charge is 0.325 e. The van der Waals surface area contributed by atoms with Crippen molar-refractivity contribution in [1.29, 1.82) is 0 Å². The molecule has 0 bridgehead atoms. The van der Waals surface area contributed by atoms with E-state index in [-0.39, 0.29) is 5.91 Å². The first-order valence-corrected chi connectivity index (χ1v) is 12.9. The topological polar surface area (TPSA) is 82.1 Å². The fourth-order valence-corrected chi connectivity index (χ4v) is 4.94. The van der Waals surface area contributed by atoms with Crippen molar-refractivity contribution in [3.05, 3.63) is 89.7 Å². The fraction of sp³-hybridized carbons (Fsp3) is 0.231. The highest BCUT2D eigenvalue weighted by atomic mass is 32.2. The van der Waals surface area contributed by atoms with Crippen LogP contribution in [0.4, 0.5) is 21.5 Å². The first-order chi connectivity index (χ1) is 16.6. The highest BCUT2D eigenvalue weighted by molar-refractivity contribution is 7.92. The van der Waals surface area contributed by atoms with Crippen LogP contribution < -0.4 is 9.62 Å². The number of carbonyl (C=O) groups is 1.